The van der Waals surface area contributed by atoms with Gasteiger partial charge < -0.3 is 20.9 Å². The van der Waals surface area contributed by atoms with Gasteiger partial charge in [0.25, 0.3) is 0 Å². The highest BCUT2D eigenvalue weighted by molar-refractivity contribution is 5.94. The molecule has 0 spiro atoms. The largest absolute Gasteiger partial charge is 0.492 e. The van der Waals surface area contributed by atoms with Crippen LogP contribution in [-0.2, 0) is 0 Å². The molecule has 0 radical (unpaired) electrons. The lowest BCUT2D eigenvalue weighted by Gasteiger charge is -2.29. The Bertz CT molecular complexity index is 1000. The van der Waals surface area contributed by atoms with Crippen LogP contribution in [0.3, 0.4) is 0 Å². The fourth-order valence-corrected chi connectivity index (χ4v) is 3.70. The first kappa shape index (κ1) is 19.2. The molecule has 0 unspecified atom stereocenters. The van der Waals surface area contributed by atoms with Gasteiger partial charge in [-0.1, -0.05) is 12.1 Å². The third kappa shape index (κ3) is 4.16. The van der Waals surface area contributed by atoms with Crippen molar-refractivity contribution in [3.63, 3.8) is 0 Å². The third-order valence-electron chi connectivity index (χ3n) is 5.20. The number of para-hydroxylation sites is 1. The monoisotopic (exact) mass is 400 g/mol. The van der Waals surface area contributed by atoms with E-state index in [1.54, 1.807) is 6.07 Å². The Kier molecular flexibility index (Phi) is 5.33. The first-order valence-corrected chi connectivity index (χ1v) is 9.56. The van der Waals surface area contributed by atoms with Gasteiger partial charge in [0.1, 0.15) is 11.6 Å². The van der Waals surface area contributed by atoms with Crippen LogP contribution in [-0.4, -0.2) is 22.7 Å². The van der Waals surface area contributed by atoms with Crippen LogP contribution in [0.1, 0.15) is 25.7 Å². The van der Waals surface area contributed by atoms with Crippen LogP contribution >= 0.6 is 0 Å². The molecule has 4 N–H and O–H groups in total. The summed E-state index contributed by atoms with van der Waals surface area (Å²) in [7, 11) is 0. The summed E-state index contributed by atoms with van der Waals surface area (Å²) in [5, 5.41) is 0.647. The summed E-state index contributed by atoms with van der Waals surface area (Å²) in [5.41, 5.74) is 12.3. The number of rotatable bonds is 5. The molecule has 0 aliphatic heterocycles. The van der Waals surface area contributed by atoms with Gasteiger partial charge in [0.15, 0.2) is 17.4 Å². The third-order valence-corrected chi connectivity index (χ3v) is 5.20. The predicted molar refractivity (Wildman–Crippen MR) is 107 cm³/mol. The lowest BCUT2D eigenvalue weighted by molar-refractivity contribution is 0.103. The standard InChI is InChI=1S/C21H22F2N4O2/c22-14-3-1-4-15(23)19(14)29-13-9-7-12(8-10-13)11-28-17-6-2-5-16-18(17)20(24)27-21(25)26-16/h1-6,12-13H,7-11H2,(H4,24,25,26,27). The smallest absolute Gasteiger partial charge is 0.222 e. The molecule has 4 rings (SSSR count). The van der Waals surface area contributed by atoms with E-state index in [9.17, 15) is 8.78 Å². The highest BCUT2D eigenvalue weighted by atomic mass is 19.1. The van der Waals surface area contributed by atoms with Crippen molar-refractivity contribution in [2.75, 3.05) is 18.1 Å². The second-order valence-corrected chi connectivity index (χ2v) is 7.24. The van der Waals surface area contributed by atoms with E-state index >= 15 is 0 Å². The number of aromatic nitrogens is 2. The average molecular weight is 400 g/mol. The van der Waals surface area contributed by atoms with Gasteiger partial charge in [-0.25, -0.2) is 13.8 Å². The van der Waals surface area contributed by atoms with E-state index in [0.717, 1.165) is 12.8 Å². The highest BCUT2D eigenvalue weighted by Crippen LogP contribution is 2.33. The molecule has 0 saturated heterocycles. The Labute approximate surface area is 166 Å². The minimum atomic E-state index is -0.674. The van der Waals surface area contributed by atoms with Gasteiger partial charge in [-0.05, 0) is 55.9 Å². The van der Waals surface area contributed by atoms with Gasteiger partial charge in [-0.3, -0.25) is 0 Å². The van der Waals surface area contributed by atoms with Gasteiger partial charge in [0.2, 0.25) is 5.95 Å². The normalized spacial score (nSPS) is 19.2. The zero-order valence-corrected chi connectivity index (χ0v) is 15.8. The van der Waals surface area contributed by atoms with Crippen molar-refractivity contribution < 1.29 is 18.3 Å². The zero-order valence-electron chi connectivity index (χ0n) is 15.8. The van der Waals surface area contributed by atoms with Crippen LogP contribution in [0.4, 0.5) is 20.5 Å². The molecule has 0 atom stereocenters. The molecule has 1 saturated carbocycles. The van der Waals surface area contributed by atoms with Crippen LogP contribution in [0.2, 0.25) is 0 Å². The number of nitrogens with zero attached hydrogens (tertiary/aromatic N) is 2. The Hall–Kier alpha value is -3.16. The maximum Gasteiger partial charge on any atom is 0.222 e. The number of ether oxygens (including phenoxy) is 2. The number of hydrogen-bond donors (Lipinski definition) is 2. The van der Waals surface area contributed by atoms with Crippen LogP contribution in [0.5, 0.6) is 11.5 Å². The van der Waals surface area contributed by atoms with Crippen molar-refractivity contribution in [1.29, 1.82) is 0 Å². The molecule has 8 heteroatoms. The molecule has 29 heavy (non-hydrogen) atoms. The van der Waals surface area contributed by atoms with E-state index in [1.165, 1.54) is 18.2 Å². The van der Waals surface area contributed by atoms with Crippen molar-refractivity contribution in [2.24, 2.45) is 5.92 Å². The number of nitrogen functional groups attached to an aromatic ring is 2. The number of hydrogen-bond acceptors (Lipinski definition) is 6. The zero-order chi connectivity index (χ0) is 20.4. The summed E-state index contributed by atoms with van der Waals surface area (Å²) >= 11 is 0. The maximum atomic E-state index is 13.8. The van der Waals surface area contributed by atoms with Crippen molar-refractivity contribution in [3.05, 3.63) is 48.0 Å². The van der Waals surface area contributed by atoms with E-state index < -0.39 is 11.6 Å². The molecular formula is C21H22F2N4O2. The summed E-state index contributed by atoms with van der Waals surface area (Å²) in [4.78, 5) is 8.19. The number of nitrogens with two attached hydrogens (primary N) is 2. The molecule has 1 aliphatic rings. The van der Waals surface area contributed by atoms with E-state index in [2.05, 4.69) is 9.97 Å². The molecule has 6 nitrogen and oxygen atoms in total. The van der Waals surface area contributed by atoms with Crippen LogP contribution in [0.25, 0.3) is 10.9 Å². The van der Waals surface area contributed by atoms with Crippen LogP contribution in [0.15, 0.2) is 36.4 Å². The minimum absolute atomic E-state index is 0.122. The highest BCUT2D eigenvalue weighted by Gasteiger charge is 2.25. The van der Waals surface area contributed by atoms with Crippen molar-refractivity contribution >= 4 is 22.7 Å². The second-order valence-electron chi connectivity index (χ2n) is 7.24. The van der Waals surface area contributed by atoms with E-state index in [1.807, 2.05) is 12.1 Å². The maximum absolute atomic E-state index is 13.8. The number of fused-ring (bicyclic) bond motifs is 1. The van der Waals surface area contributed by atoms with Crippen molar-refractivity contribution in [1.82, 2.24) is 9.97 Å². The minimum Gasteiger partial charge on any atom is -0.492 e. The SMILES string of the molecule is Nc1nc(N)c2c(OCC3CCC(Oc4c(F)cccc4F)CC3)cccc2n1. The summed E-state index contributed by atoms with van der Waals surface area (Å²) in [5.74, 6) is -0.307. The molecule has 1 heterocycles. The van der Waals surface area contributed by atoms with Gasteiger partial charge in [0.05, 0.1) is 23.6 Å². The quantitative estimate of drug-likeness (QED) is 0.670. The summed E-state index contributed by atoms with van der Waals surface area (Å²) in [6, 6.07) is 9.19. The lowest BCUT2D eigenvalue weighted by Crippen LogP contribution is -2.27. The van der Waals surface area contributed by atoms with E-state index in [-0.39, 0.29) is 23.6 Å². The number of anilines is 2. The summed E-state index contributed by atoms with van der Waals surface area (Å²) in [6.45, 7) is 0.504. The molecule has 0 amide bonds. The summed E-state index contributed by atoms with van der Waals surface area (Å²) < 4.78 is 39.1. The van der Waals surface area contributed by atoms with Crippen molar-refractivity contribution in [3.8, 4) is 11.5 Å². The average Bonchev–Trinajstić information content (AvgIpc) is 2.70. The molecule has 3 aromatic rings. The van der Waals surface area contributed by atoms with E-state index in [4.69, 9.17) is 20.9 Å². The molecule has 152 valence electrons. The molecule has 1 aliphatic carbocycles. The van der Waals surface area contributed by atoms with Gasteiger partial charge in [-0.2, -0.15) is 4.98 Å². The lowest BCUT2D eigenvalue weighted by atomic mass is 9.88. The molecule has 2 aromatic carbocycles. The van der Waals surface area contributed by atoms with Gasteiger partial charge >= 0.3 is 0 Å². The van der Waals surface area contributed by atoms with Crippen LogP contribution < -0.4 is 20.9 Å². The fourth-order valence-electron chi connectivity index (χ4n) is 3.70. The molecule has 1 aromatic heterocycles. The Morgan fingerprint density at radius 3 is 2.34 bits per heavy atom. The molecule has 0 bridgehead atoms. The van der Waals surface area contributed by atoms with Crippen molar-refractivity contribution in [2.45, 2.75) is 31.8 Å². The first-order chi connectivity index (χ1) is 14.0. The molecular weight excluding hydrogens is 378 g/mol. The second kappa shape index (κ2) is 8.06. The Balaban J connectivity index is 1.36. The first-order valence-electron chi connectivity index (χ1n) is 9.56. The topological polar surface area (TPSA) is 96.3 Å². The molecule has 1 fully saturated rings. The van der Waals surface area contributed by atoms with E-state index in [0.29, 0.717) is 42.0 Å². The number of halogens is 2. The van der Waals surface area contributed by atoms with Gasteiger partial charge in [0, 0.05) is 0 Å². The summed E-state index contributed by atoms with van der Waals surface area (Å²) in [6.07, 6.45) is 2.88. The Morgan fingerprint density at radius 2 is 1.62 bits per heavy atom. The number of benzene rings is 2. The van der Waals surface area contributed by atoms with Crippen LogP contribution in [0, 0.1) is 17.6 Å². The predicted octanol–water partition coefficient (Wildman–Crippen LogP) is 4.09. The fraction of sp³-hybridized carbons (Fsp3) is 0.333. The van der Waals surface area contributed by atoms with Gasteiger partial charge in [-0.15, -0.1) is 0 Å². The Morgan fingerprint density at radius 1 is 0.931 bits per heavy atom.